The smallest absolute Gasteiger partial charge is 0.406 e. The van der Waals surface area contributed by atoms with Crippen LogP contribution in [0.1, 0.15) is 0 Å². The monoisotopic (exact) mass is 397 g/mol. The Labute approximate surface area is 155 Å². The van der Waals surface area contributed by atoms with Gasteiger partial charge < -0.3 is 10.1 Å². The van der Waals surface area contributed by atoms with Crippen molar-refractivity contribution in [3.63, 3.8) is 0 Å². The van der Waals surface area contributed by atoms with Gasteiger partial charge in [-0.05, 0) is 41.6 Å². The van der Waals surface area contributed by atoms with Crippen molar-refractivity contribution in [2.45, 2.75) is 12.9 Å². The minimum atomic E-state index is -4.77. The molecular weight excluding hydrogens is 387 g/mol. The van der Waals surface area contributed by atoms with Gasteiger partial charge in [0.2, 0.25) is 11.7 Å². The number of ether oxygens (including phenoxy) is 1. The lowest BCUT2D eigenvalue weighted by Gasteiger charge is -2.09. The third-order valence-corrected chi connectivity index (χ3v) is 3.43. The van der Waals surface area contributed by atoms with Gasteiger partial charge in [0, 0.05) is 16.3 Å². The summed E-state index contributed by atoms with van der Waals surface area (Å²) in [7, 11) is 0. The summed E-state index contributed by atoms with van der Waals surface area (Å²) in [4.78, 5) is 13.1. The van der Waals surface area contributed by atoms with Crippen LogP contribution in [0, 0.1) is 0 Å². The van der Waals surface area contributed by atoms with Crippen molar-refractivity contribution in [3.05, 3.63) is 53.6 Å². The molecule has 0 radical (unpaired) electrons. The third kappa shape index (κ3) is 5.42. The Morgan fingerprint density at radius 2 is 1.93 bits per heavy atom. The van der Waals surface area contributed by atoms with Gasteiger partial charge in [0.25, 0.3) is 0 Å². The summed E-state index contributed by atoms with van der Waals surface area (Å²) in [5, 5.41) is 14.8. The van der Waals surface area contributed by atoms with Crippen LogP contribution in [0.5, 0.6) is 5.75 Å². The molecule has 0 atom stereocenters. The average Bonchev–Trinajstić information content (AvgIpc) is 3.04. The quantitative estimate of drug-likeness (QED) is 0.712. The summed E-state index contributed by atoms with van der Waals surface area (Å²) in [6.45, 7) is -0.228. The fraction of sp³-hybridized carbons (Fsp3) is 0.125. The van der Waals surface area contributed by atoms with Crippen LogP contribution in [-0.4, -0.2) is 32.5 Å². The Morgan fingerprint density at radius 3 is 2.59 bits per heavy atom. The summed E-state index contributed by atoms with van der Waals surface area (Å²) in [6.07, 6.45) is -4.77. The van der Waals surface area contributed by atoms with E-state index in [2.05, 4.69) is 25.5 Å². The van der Waals surface area contributed by atoms with Crippen molar-refractivity contribution in [2.75, 3.05) is 5.32 Å². The van der Waals surface area contributed by atoms with E-state index in [1.54, 1.807) is 24.3 Å². The number of halogens is 4. The molecule has 3 rings (SSSR count). The van der Waals surface area contributed by atoms with E-state index in [0.29, 0.717) is 22.1 Å². The molecule has 1 N–H and O–H groups in total. The third-order valence-electron chi connectivity index (χ3n) is 3.19. The van der Waals surface area contributed by atoms with Gasteiger partial charge in [-0.25, -0.2) is 0 Å². The summed E-state index contributed by atoms with van der Waals surface area (Å²) in [5.74, 6) is -0.557. The summed E-state index contributed by atoms with van der Waals surface area (Å²) >= 11 is 5.90. The standard InChI is InChI=1S/C16H11ClF3N5O2/c17-11-3-1-2-10(8-11)15-22-24-25(23-15)9-14(26)21-12-4-6-13(7-5-12)27-16(18,19)20/h1-8H,9H2,(H,21,26). The van der Waals surface area contributed by atoms with Crippen molar-refractivity contribution in [1.29, 1.82) is 0 Å². The van der Waals surface area contributed by atoms with Gasteiger partial charge in [-0.15, -0.1) is 23.4 Å². The molecule has 140 valence electrons. The Bertz CT molecular complexity index is 944. The Kier molecular flexibility index (Phi) is 5.26. The fourth-order valence-corrected chi connectivity index (χ4v) is 2.31. The molecule has 1 amide bonds. The largest absolute Gasteiger partial charge is 0.573 e. The number of carbonyl (C=O) groups excluding carboxylic acids is 1. The highest BCUT2D eigenvalue weighted by atomic mass is 35.5. The lowest BCUT2D eigenvalue weighted by molar-refractivity contribution is -0.274. The predicted molar refractivity (Wildman–Crippen MR) is 90.0 cm³/mol. The number of hydrogen-bond acceptors (Lipinski definition) is 5. The molecule has 11 heteroatoms. The van der Waals surface area contributed by atoms with Crippen LogP contribution in [0.25, 0.3) is 11.4 Å². The van der Waals surface area contributed by atoms with Gasteiger partial charge in [-0.2, -0.15) is 4.80 Å². The molecule has 1 aromatic heterocycles. The highest BCUT2D eigenvalue weighted by Crippen LogP contribution is 2.24. The van der Waals surface area contributed by atoms with Gasteiger partial charge >= 0.3 is 6.36 Å². The maximum atomic E-state index is 12.1. The Balaban J connectivity index is 1.60. The Hall–Kier alpha value is -3.14. The number of aromatic nitrogens is 4. The number of hydrogen-bond donors (Lipinski definition) is 1. The second-order valence-electron chi connectivity index (χ2n) is 5.27. The minimum absolute atomic E-state index is 0.228. The normalized spacial score (nSPS) is 11.3. The lowest BCUT2D eigenvalue weighted by Crippen LogP contribution is -2.20. The number of benzene rings is 2. The Morgan fingerprint density at radius 1 is 1.19 bits per heavy atom. The molecule has 0 saturated heterocycles. The SMILES string of the molecule is O=C(Cn1nnc(-c2cccc(Cl)c2)n1)Nc1ccc(OC(F)(F)F)cc1. The molecule has 0 spiro atoms. The van der Waals surface area contributed by atoms with E-state index in [0.717, 1.165) is 16.9 Å². The number of amides is 1. The topological polar surface area (TPSA) is 81.9 Å². The summed E-state index contributed by atoms with van der Waals surface area (Å²) in [5.41, 5.74) is 0.944. The van der Waals surface area contributed by atoms with Crippen LogP contribution in [0.2, 0.25) is 5.02 Å². The maximum absolute atomic E-state index is 12.1. The van der Waals surface area contributed by atoms with E-state index in [1.165, 1.54) is 12.1 Å². The first-order valence-corrected chi connectivity index (χ1v) is 7.86. The van der Waals surface area contributed by atoms with Crippen molar-refractivity contribution in [3.8, 4) is 17.1 Å². The number of nitrogens with one attached hydrogen (secondary N) is 1. The van der Waals surface area contributed by atoms with Crippen molar-refractivity contribution in [1.82, 2.24) is 20.2 Å². The number of anilines is 1. The fourth-order valence-electron chi connectivity index (χ4n) is 2.12. The zero-order valence-corrected chi connectivity index (χ0v) is 14.2. The first kappa shape index (κ1) is 18.6. The van der Waals surface area contributed by atoms with Crippen LogP contribution in [0.15, 0.2) is 48.5 Å². The molecule has 0 unspecified atom stereocenters. The van der Waals surface area contributed by atoms with Crippen LogP contribution in [-0.2, 0) is 11.3 Å². The predicted octanol–water partition coefficient (Wildman–Crippen LogP) is 3.53. The number of carbonyl (C=O) groups is 1. The number of alkyl halides is 3. The molecule has 0 fully saturated rings. The summed E-state index contributed by atoms with van der Waals surface area (Å²) < 4.78 is 40.1. The lowest BCUT2D eigenvalue weighted by atomic mass is 10.2. The highest BCUT2D eigenvalue weighted by Gasteiger charge is 2.30. The molecule has 0 saturated carbocycles. The number of tetrazole rings is 1. The molecule has 0 aliphatic carbocycles. The number of rotatable bonds is 5. The molecule has 1 heterocycles. The van der Waals surface area contributed by atoms with E-state index < -0.39 is 12.3 Å². The molecule has 0 bridgehead atoms. The first-order chi connectivity index (χ1) is 12.8. The minimum Gasteiger partial charge on any atom is -0.406 e. The van der Waals surface area contributed by atoms with E-state index >= 15 is 0 Å². The van der Waals surface area contributed by atoms with Gasteiger partial charge in [0.1, 0.15) is 12.3 Å². The second kappa shape index (κ2) is 7.62. The van der Waals surface area contributed by atoms with Gasteiger partial charge in [-0.1, -0.05) is 23.7 Å². The van der Waals surface area contributed by atoms with E-state index in [9.17, 15) is 18.0 Å². The molecule has 3 aromatic rings. The molecule has 2 aromatic carbocycles. The van der Waals surface area contributed by atoms with Crippen LogP contribution in [0.3, 0.4) is 0 Å². The van der Waals surface area contributed by atoms with E-state index in [4.69, 9.17) is 11.6 Å². The average molecular weight is 398 g/mol. The molecule has 27 heavy (non-hydrogen) atoms. The van der Waals surface area contributed by atoms with Gasteiger partial charge in [0.05, 0.1) is 0 Å². The van der Waals surface area contributed by atoms with Crippen molar-refractivity contribution >= 4 is 23.2 Å². The maximum Gasteiger partial charge on any atom is 0.573 e. The van der Waals surface area contributed by atoms with Crippen LogP contribution < -0.4 is 10.1 Å². The highest BCUT2D eigenvalue weighted by molar-refractivity contribution is 6.30. The molecule has 0 aliphatic rings. The van der Waals surface area contributed by atoms with Gasteiger partial charge in [0.15, 0.2) is 0 Å². The van der Waals surface area contributed by atoms with E-state index in [1.807, 2.05) is 0 Å². The van der Waals surface area contributed by atoms with Gasteiger partial charge in [-0.3, -0.25) is 4.79 Å². The van der Waals surface area contributed by atoms with Crippen molar-refractivity contribution < 1.29 is 22.7 Å². The number of nitrogens with zero attached hydrogens (tertiary/aromatic N) is 4. The zero-order valence-electron chi connectivity index (χ0n) is 13.4. The van der Waals surface area contributed by atoms with Crippen LogP contribution >= 0.6 is 11.6 Å². The molecule has 7 nitrogen and oxygen atoms in total. The second-order valence-corrected chi connectivity index (χ2v) is 5.71. The van der Waals surface area contributed by atoms with Crippen LogP contribution in [0.4, 0.5) is 18.9 Å². The summed E-state index contributed by atoms with van der Waals surface area (Å²) in [6, 6.07) is 11.6. The first-order valence-electron chi connectivity index (χ1n) is 7.48. The molecule has 0 aliphatic heterocycles. The molecular formula is C16H11ClF3N5O2. The zero-order chi connectivity index (χ0) is 19.4. The van der Waals surface area contributed by atoms with E-state index in [-0.39, 0.29) is 12.3 Å². The van der Waals surface area contributed by atoms with Crippen molar-refractivity contribution in [2.24, 2.45) is 0 Å².